The number of allylic oxidation sites excluding steroid dienone is 14. The van der Waals surface area contributed by atoms with Gasteiger partial charge in [-0.05, 0) is 89.9 Å². The van der Waals surface area contributed by atoms with Crippen LogP contribution >= 0.6 is 7.82 Å². The van der Waals surface area contributed by atoms with Gasteiger partial charge in [0.05, 0.1) is 27.7 Å². The molecule has 0 rings (SSSR count). The molecule has 0 N–H and O–H groups in total. The monoisotopic (exact) mass is 1010 g/mol. The molecule has 0 aromatic carbocycles. The highest BCUT2D eigenvalue weighted by atomic mass is 31.2. The van der Waals surface area contributed by atoms with Crippen LogP contribution < -0.4 is 4.89 Å². The van der Waals surface area contributed by atoms with Gasteiger partial charge in [0.2, 0.25) is 0 Å². The number of carbonyl (C=O) groups is 2. The predicted octanol–water partition coefficient (Wildman–Crippen LogP) is 17.2. The number of likely N-dealkylation sites (N-methyl/N-ethyl adjacent to an activating group) is 1. The molecule has 0 aromatic heterocycles. The van der Waals surface area contributed by atoms with E-state index in [9.17, 15) is 19.0 Å². The summed E-state index contributed by atoms with van der Waals surface area (Å²) in [6.07, 6.45) is 69.1. The summed E-state index contributed by atoms with van der Waals surface area (Å²) in [7, 11) is 1.16. The molecule has 0 fully saturated rings. The lowest BCUT2D eigenvalue weighted by molar-refractivity contribution is -0.870. The highest BCUT2D eigenvalue weighted by Crippen LogP contribution is 2.38. The van der Waals surface area contributed by atoms with Gasteiger partial charge in [-0.1, -0.05) is 221 Å². The number of phosphoric ester groups is 1. The minimum absolute atomic E-state index is 0.0352. The van der Waals surface area contributed by atoms with E-state index in [4.69, 9.17) is 18.5 Å². The molecule has 0 aliphatic carbocycles. The number of hydrogen-bond acceptors (Lipinski definition) is 8. The van der Waals surface area contributed by atoms with E-state index in [1.54, 1.807) is 0 Å². The average Bonchev–Trinajstić information content (AvgIpc) is 3.33. The first-order valence-electron chi connectivity index (χ1n) is 28.8. The van der Waals surface area contributed by atoms with Crippen molar-refractivity contribution in [2.45, 2.75) is 245 Å². The zero-order valence-electron chi connectivity index (χ0n) is 46.4. The molecule has 0 radical (unpaired) electrons. The number of phosphoric acid groups is 1. The lowest BCUT2D eigenvalue weighted by Gasteiger charge is -2.28. The zero-order valence-corrected chi connectivity index (χ0v) is 47.3. The van der Waals surface area contributed by atoms with Crippen LogP contribution in [0.4, 0.5) is 0 Å². The van der Waals surface area contributed by atoms with E-state index in [-0.39, 0.29) is 26.1 Å². The highest BCUT2D eigenvalue weighted by molar-refractivity contribution is 7.45. The molecule has 0 saturated heterocycles. The summed E-state index contributed by atoms with van der Waals surface area (Å²) in [6.45, 7) is 4.12. The molecule has 0 aliphatic heterocycles. The van der Waals surface area contributed by atoms with Gasteiger partial charge in [-0.3, -0.25) is 14.2 Å². The van der Waals surface area contributed by atoms with Crippen LogP contribution in [0.25, 0.3) is 0 Å². The van der Waals surface area contributed by atoms with Crippen LogP contribution in [0.15, 0.2) is 85.1 Å². The second-order valence-electron chi connectivity index (χ2n) is 20.3. The maximum atomic E-state index is 12.8. The Hall–Kier alpha value is -2.81. The van der Waals surface area contributed by atoms with E-state index >= 15 is 0 Å². The molecule has 0 aliphatic rings. The third kappa shape index (κ3) is 56.3. The van der Waals surface area contributed by atoms with Crippen molar-refractivity contribution < 1.29 is 42.1 Å². The maximum Gasteiger partial charge on any atom is 0.306 e. The van der Waals surface area contributed by atoms with E-state index in [1.165, 1.54) is 109 Å². The van der Waals surface area contributed by atoms with Gasteiger partial charge in [-0.15, -0.1) is 0 Å². The van der Waals surface area contributed by atoms with Crippen LogP contribution in [0, 0.1) is 0 Å². The Morgan fingerprint density at radius 3 is 1.21 bits per heavy atom. The van der Waals surface area contributed by atoms with Crippen LogP contribution in [-0.4, -0.2) is 70.0 Å². The molecule has 0 bridgehead atoms. The summed E-state index contributed by atoms with van der Waals surface area (Å²) in [6, 6.07) is 0. The van der Waals surface area contributed by atoms with E-state index in [2.05, 4.69) is 98.9 Å². The lowest BCUT2D eigenvalue weighted by atomic mass is 10.0. The van der Waals surface area contributed by atoms with E-state index in [0.29, 0.717) is 17.4 Å². The van der Waals surface area contributed by atoms with Crippen molar-refractivity contribution in [2.75, 3.05) is 47.5 Å². The Morgan fingerprint density at radius 1 is 0.451 bits per heavy atom. The van der Waals surface area contributed by atoms with Crippen LogP contribution in [0.3, 0.4) is 0 Å². The summed E-state index contributed by atoms with van der Waals surface area (Å²) in [5, 5.41) is 0. The van der Waals surface area contributed by atoms with Gasteiger partial charge in [0.1, 0.15) is 19.8 Å². The van der Waals surface area contributed by atoms with Crippen molar-refractivity contribution in [3.05, 3.63) is 85.1 Å². The maximum absolute atomic E-state index is 12.8. The number of unbranched alkanes of at least 4 members (excludes halogenated alkanes) is 24. The fourth-order valence-corrected chi connectivity index (χ4v) is 8.44. The molecule has 71 heavy (non-hydrogen) atoms. The van der Waals surface area contributed by atoms with Gasteiger partial charge in [-0.2, -0.15) is 0 Å². The first-order chi connectivity index (χ1) is 34.5. The van der Waals surface area contributed by atoms with Gasteiger partial charge in [0.25, 0.3) is 7.82 Å². The lowest BCUT2D eigenvalue weighted by Crippen LogP contribution is -2.37. The Kier molecular flexibility index (Phi) is 50.0. The minimum Gasteiger partial charge on any atom is -0.756 e. The Balaban J connectivity index is 4.15. The van der Waals surface area contributed by atoms with Gasteiger partial charge in [0, 0.05) is 12.8 Å². The molecular formula is C61H108NO8P. The molecule has 2 atom stereocenters. The highest BCUT2D eigenvalue weighted by Gasteiger charge is 2.21. The van der Waals surface area contributed by atoms with Gasteiger partial charge in [-0.25, -0.2) is 0 Å². The van der Waals surface area contributed by atoms with Gasteiger partial charge in [0.15, 0.2) is 6.10 Å². The van der Waals surface area contributed by atoms with Crippen molar-refractivity contribution in [2.24, 2.45) is 0 Å². The fraction of sp³-hybridized carbons (Fsp3) is 0.738. The van der Waals surface area contributed by atoms with Crippen molar-refractivity contribution >= 4 is 19.8 Å². The number of esters is 2. The van der Waals surface area contributed by atoms with E-state index in [0.717, 1.165) is 96.3 Å². The van der Waals surface area contributed by atoms with Crippen LogP contribution in [0.2, 0.25) is 0 Å². The van der Waals surface area contributed by atoms with E-state index < -0.39 is 32.5 Å². The number of rotatable bonds is 52. The normalized spacial score (nSPS) is 13.9. The summed E-state index contributed by atoms with van der Waals surface area (Å²) in [5.74, 6) is -0.845. The molecule has 9 nitrogen and oxygen atoms in total. The van der Waals surface area contributed by atoms with Crippen molar-refractivity contribution in [1.29, 1.82) is 0 Å². The molecule has 0 heterocycles. The second kappa shape index (κ2) is 52.1. The zero-order chi connectivity index (χ0) is 52.0. The number of carbonyl (C=O) groups excluding carboxylic acids is 2. The average molecular weight is 1010 g/mol. The fourth-order valence-electron chi connectivity index (χ4n) is 7.71. The number of quaternary nitrogens is 1. The third-order valence-corrected chi connectivity index (χ3v) is 13.1. The van der Waals surface area contributed by atoms with Crippen molar-refractivity contribution in [3.63, 3.8) is 0 Å². The Labute approximate surface area is 437 Å². The van der Waals surface area contributed by atoms with E-state index in [1.807, 2.05) is 21.1 Å². The first-order valence-corrected chi connectivity index (χ1v) is 30.3. The number of ether oxygens (including phenoxy) is 2. The Morgan fingerprint density at radius 2 is 0.803 bits per heavy atom. The molecule has 410 valence electrons. The molecule has 0 amide bonds. The number of nitrogens with zero attached hydrogens (tertiary/aromatic N) is 1. The molecule has 2 unspecified atom stereocenters. The third-order valence-electron chi connectivity index (χ3n) is 12.1. The quantitative estimate of drug-likeness (QED) is 0.0195. The SMILES string of the molecule is CC/C=C\C/C=C\C/C=C\C/C=C\C/C=C\C/C=C\CCCCCCCCCCCCCCC(=O)OC(COC(=O)CCCCCCC/C=C\CCCCCCCCC)COP(=O)([O-])OCC[N+](C)(C)C. The molecule has 0 aromatic rings. The first kappa shape index (κ1) is 68.2. The smallest absolute Gasteiger partial charge is 0.306 e. The largest absolute Gasteiger partial charge is 0.756 e. The minimum atomic E-state index is -4.64. The molecule has 0 saturated carbocycles. The second-order valence-corrected chi connectivity index (χ2v) is 21.7. The van der Waals surface area contributed by atoms with Crippen molar-refractivity contribution in [3.8, 4) is 0 Å². The Bertz CT molecular complexity index is 1470. The van der Waals surface area contributed by atoms with Crippen molar-refractivity contribution in [1.82, 2.24) is 0 Å². The van der Waals surface area contributed by atoms with Crippen LogP contribution in [0.5, 0.6) is 0 Å². The molecular weight excluding hydrogens is 906 g/mol. The summed E-state index contributed by atoms with van der Waals surface area (Å²) in [4.78, 5) is 37.8. The summed E-state index contributed by atoms with van der Waals surface area (Å²) >= 11 is 0. The van der Waals surface area contributed by atoms with Gasteiger partial charge >= 0.3 is 11.9 Å². The van der Waals surface area contributed by atoms with Crippen LogP contribution in [-0.2, 0) is 32.7 Å². The summed E-state index contributed by atoms with van der Waals surface area (Å²) in [5.41, 5.74) is 0. The molecule has 10 heteroatoms. The van der Waals surface area contributed by atoms with Gasteiger partial charge < -0.3 is 27.9 Å². The predicted molar refractivity (Wildman–Crippen MR) is 300 cm³/mol. The topological polar surface area (TPSA) is 111 Å². The number of hydrogen-bond donors (Lipinski definition) is 0. The summed E-state index contributed by atoms with van der Waals surface area (Å²) < 4.78 is 34.1. The van der Waals surface area contributed by atoms with Crippen LogP contribution in [0.1, 0.15) is 239 Å². The standard InChI is InChI=1S/C61H108NO8P/c1-6-8-10-12-14-16-18-20-22-24-25-26-27-28-29-30-31-32-33-34-35-36-37-38-40-42-44-46-48-50-52-54-61(64)70-59(58-69-71(65,66)68-56-55-62(3,4)5)57-67-60(63)53-51-49-47-45-43-41-39-23-21-19-17-15-13-11-9-7-2/h8,10,14,16,20,22-23,25-26,28-29,31-32,39,59H,6-7,9,11-13,15,17-19,21,24,27,30,33-38,40-58H2,1-5H3/b10-8-,16-14-,22-20-,26-25-,29-28-,32-31-,39-23-. The molecule has 0 spiro atoms.